The lowest BCUT2D eigenvalue weighted by Crippen LogP contribution is -2.54. The lowest BCUT2D eigenvalue weighted by molar-refractivity contribution is -0.153. The van der Waals surface area contributed by atoms with E-state index in [1.54, 1.807) is 18.7 Å². The number of rotatable bonds is 4. The Morgan fingerprint density at radius 1 is 1.40 bits per heavy atom. The highest BCUT2D eigenvalue weighted by Crippen LogP contribution is 2.07. The van der Waals surface area contributed by atoms with Gasteiger partial charge in [-0.15, -0.1) is 0 Å². The van der Waals surface area contributed by atoms with Crippen molar-refractivity contribution in [3.8, 4) is 0 Å². The smallest absolute Gasteiger partial charge is 0.325 e. The second-order valence-corrected chi connectivity index (χ2v) is 4.76. The van der Waals surface area contributed by atoms with Gasteiger partial charge >= 0.3 is 12.0 Å². The number of carbonyl (C=O) groups excluding carboxylic acids is 3. The molecule has 8 nitrogen and oxygen atoms in total. The highest BCUT2D eigenvalue weighted by Gasteiger charge is 2.31. The summed E-state index contributed by atoms with van der Waals surface area (Å²) in [4.78, 5) is 36.4. The highest BCUT2D eigenvalue weighted by atomic mass is 16.5. The van der Waals surface area contributed by atoms with Crippen molar-refractivity contribution in [2.24, 2.45) is 0 Å². The lowest BCUT2D eigenvalue weighted by atomic mass is 10.2. The Kier molecular flexibility index (Phi) is 6.40. The van der Waals surface area contributed by atoms with Gasteiger partial charge in [0.15, 0.2) is 0 Å². The van der Waals surface area contributed by atoms with Crippen molar-refractivity contribution in [1.29, 1.82) is 0 Å². The van der Waals surface area contributed by atoms with Crippen LogP contribution in [0.25, 0.3) is 0 Å². The van der Waals surface area contributed by atoms with Crippen molar-refractivity contribution < 1.29 is 23.9 Å². The molecule has 8 heteroatoms. The number of nitrogens with one attached hydrogen (secondary N) is 2. The Labute approximate surface area is 117 Å². The average Bonchev–Trinajstić information content (AvgIpc) is 2.37. The molecule has 1 atom stereocenters. The van der Waals surface area contributed by atoms with Gasteiger partial charge in [0.2, 0.25) is 5.91 Å². The van der Waals surface area contributed by atoms with Crippen LogP contribution >= 0.6 is 0 Å². The largest absolute Gasteiger partial charge is 0.468 e. The van der Waals surface area contributed by atoms with Crippen LogP contribution in [0.5, 0.6) is 0 Å². The molecule has 1 rings (SSSR count). The molecule has 3 amide bonds. The van der Waals surface area contributed by atoms with E-state index in [-0.39, 0.29) is 19.2 Å². The first-order chi connectivity index (χ1) is 9.43. The summed E-state index contributed by atoms with van der Waals surface area (Å²) >= 11 is 0. The Balaban J connectivity index is 2.50. The summed E-state index contributed by atoms with van der Waals surface area (Å²) in [7, 11) is 1.28. The van der Waals surface area contributed by atoms with Gasteiger partial charge in [0, 0.05) is 12.6 Å². The maximum atomic E-state index is 11.8. The van der Waals surface area contributed by atoms with Gasteiger partial charge in [-0.2, -0.15) is 0 Å². The average molecular weight is 287 g/mol. The van der Waals surface area contributed by atoms with Crippen LogP contribution in [0.15, 0.2) is 0 Å². The SMILES string of the molecule is COC(=O)C1COCCN1CC(=O)NC(=O)NC(C)C. The normalized spacial score (nSPS) is 19.5. The van der Waals surface area contributed by atoms with E-state index in [2.05, 4.69) is 15.4 Å². The third-order valence-corrected chi connectivity index (χ3v) is 2.73. The van der Waals surface area contributed by atoms with Gasteiger partial charge in [-0.3, -0.25) is 19.8 Å². The summed E-state index contributed by atoms with van der Waals surface area (Å²) in [5, 5.41) is 4.76. The molecule has 0 aliphatic carbocycles. The molecule has 0 radical (unpaired) electrons. The molecule has 0 aromatic carbocycles. The molecule has 1 fully saturated rings. The van der Waals surface area contributed by atoms with Crippen LogP contribution in [0.2, 0.25) is 0 Å². The Morgan fingerprint density at radius 2 is 2.10 bits per heavy atom. The quantitative estimate of drug-likeness (QED) is 0.650. The molecule has 0 bridgehead atoms. The van der Waals surface area contributed by atoms with Gasteiger partial charge in [-0.1, -0.05) is 0 Å². The van der Waals surface area contributed by atoms with Crippen molar-refractivity contribution >= 4 is 17.9 Å². The third-order valence-electron chi connectivity index (χ3n) is 2.73. The number of esters is 1. The molecule has 2 N–H and O–H groups in total. The number of urea groups is 1. The number of morpholine rings is 1. The topological polar surface area (TPSA) is 97.0 Å². The first-order valence-corrected chi connectivity index (χ1v) is 6.44. The van der Waals surface area contributed by atoms with Crippen molar-refractivity contribution in [2.45, 2.75) is 25.9 Å². The van der Waals surface area contributed by atoms with E-state index >= 15 is 0 Å². The molecular weight excluding hydrogens is 266 g/mol. The van der Waals surface area contributed by atoms with Crippen molar-refractivity contribution in [2.75, 3.05) is 33.4 Å². The zero-order chi connectivity index (χ0) is 15.1. The molecule has 1 saturated heterocycles. The maximum absolute atomic E-state index is 11.8. The van der Waals surface area contributed by atoms with Crippen LogP contribution in [0.4, 0.5) is 4.79 Å². The molecule has 1 heterocycles. The maximum Gasteiger partial charge on any atom is 0.325 e. The van der Waals surface area contributed by atoms with E-state index in [9.17, 15) is 14.4 Å². The fraction of sp³-hybridized carbons (Fsp3) is 0.750. The monoisotopic (exact) mass is 287 g/mol. The Morgan fingerprint density at radius 3 is 2.70 bits per heavy atom. The first kappa shape index (κ1) is 16.4. The number of hydrogen-bond acceptors (Lipinski definition) is 6. The summed E-state index contributed by atoms with van der Waals surface area (Å²) in [6.07, 6.45) is 0. The van der Waals surface area contributed by atoms with E-state index < -0.39 is 23.9 Å². The van der Waals surface area contributed by atoms with Gasteiger partial charge in [0.05, 0.1) is 26.9 Å². The fourth-order valence-corrected chi connectivity index (χ4v) is 1.83. The number of ether oxygens (including phenoxy) is 2. The van der Waals surface area contributed by atoms with Gasteiger partial charge < -0.3 is 14.8 Å². The van der Waals surface area contributed by atoms with E-state index in [1.807, 2.05) is 0 Å². The number of carbonyl (C=O) groups is 3. The first-order valence-electron chi connectivity index (χ1n) is 6.44. The number of imide groups is 1. The summed E-state index contributed by atoms with van der Waals surface area (Å²) in [6, 6.07) is -1.23. The molecule has 1 unspecified atom stereocenters. The number of hydrogen-bond donors (Lipinski definition) is 2. The van der Waals surface area contributed by atoms with Crippen LogP contribution in [0, 0.1) is 0 Å². The van der Waals surface area contributed by atoms with Gasteiger partial charge in [0.1, 0.15) is 6.04 Å². The van der Waals surface area contributed by atoms with Crippen LogP contribution in [-0.4, -0.2) is 68.3 Å². The predicted molar refractivity (Wildman–Crippen MR) is 70.0 cm³/mol. The summed E-state index contributed by atoms with van der Waals surface area (Å²) in [5.74, 6) is -0.928. The molecule has 0 saturated carbocycles. The van der Waals surface area contributed by atoms with E-state index in [4.69, 9.17) is 4.74 Å². The number of methoxy groups -OCH3 is 1. The minimum absolute atomic E-state index is 0.0609. The Hall–Kier alpha value is -1.67. The molecule has 0 aromatic heterocycles. The zero-order valence-corrected chi connectivity index (χ0v) is 12.0. The minimum Gasteiger partial charge on any atom is -0.468 e. The van der Waals surface area contributed by atoms with Gasteiger partial charge in [0.25, 0.3) is 0 Å². The standard InChI is InChI=1S/C12H21N3O5/c1-8(2)13-12(18)14-10(16)6-15-4-5-20-7-9(15)11(17)19-3/h8-9H,4-7H2,1-3H3,(H2,13,14,16,18). The number of amides is 3. The van der Waals surface area contributed by atoms with Gasteiger partial charge in [-0.05, 0) is 13.8 Å². The second kappa shape index (κ2) is 7.81. The van der Waals surface area contributed by atoms with Crippen LogP contribution in [0.1, 0.15) is 13.8 Å². The van der Waals surface area contributed by atoms with Crippen LogP contribution < -0.4 is 10.6 Å². The molecule has 0 spiro atoms. The summed E-state index contributed by atoms with van der Waals surface area (Å²) in [6.45, 7) is 4.56. The van der Waals surface area contributed by atoms with Crippen molar-refractivity contribution in [3.05, 3.63) is 0 Å². The van der Waals surface area contributed by atoms with Crippen molar-refractivity contribution in [1.82, 2.24) is 15.5 Å². The lowest BCUT2D eigenvalue weighted by Gasteiger charge is -2.32. The van der Waals surface area contributed by atoms with Crippen molar-refractivity contribution in [3.63, 3.8) is 0 Å². The number of nitrogens with zero attached hydrogens (tertiary/aromatic N) is 1. The molecule has 1 aliphatic rings. The fourth-order valence-electron chi connectivity index (χ4n) is 1.83. The third kappa shape index (κ3) is 5.14. The molecule has 0 aromatic rings. The zero-order valence-electron chi connectivity index (χ0n) is 12.0. The minimum atomic E-state index is -0.618. The molecule has 114 valence electrons. The summed E-state index contributed by atoms with van der Waals surface area (Å²) < 4.78 is 9.86. The van der Waals surface area contributed by atoms with Crippen LogP contribution in [0.3, 0.4) is 0 Å². The van der Waals surface area contributed by atoms with Crippen LogP contribution in [-0.2, 0) is 19.1 Å². The van der Waals surface area contributed by atoms with E-state index in [0.717, 1.165) is 0 Å². The molecular formula is C12H21N3O5. The van der Waals surface area contributed by atoms with E-state index in [1.165, 1.54) is 7.11 Å². The summed E-state index contributed by atoms with van der Waals surface area (Å²) in [5.41, 5.74) is 0. The van der Waals surface area contributed by atoms with E-state index in [0.29, 0.717) is 13.2 Å². The molecule has 20 heavy (non-hydrogen) atoms. The second-order valence-electron chi connectivity index (χ2n) is 4.76. The Bertz CT molecular complexity index is 372. The molecule has 1 aliphatic heterocycles. The predicted octanol–water partition coefficient (Wildman–Crippen LogP) is -0.906. The highest BCUT2D eigenvalue weighted by molar-refractivity contribution is 5.95. The van der Waals surface area contributed by atoms with Gasteiger partial charge in [-0.25, -0.2) is 4.79 Å².